The smallest absolute Gasteiger partial charge is 0.168 e. The number of rotatable bonds is 6. The highest BCUT2D eigenvalue weighted by Gasteiger charge is 2.66. The molecule has 4 nitrogen and oxygen atoms in total. The maximum atomic E-state index is 5.60. The first-order chi connectivity index (χ1) is 10.5. The molecule has 124 valence electrons. The predicted molar refractivity (Wildman–Crippen MR) is 88.9 cm³/mol. The van der Waals surface area contributed by atoms with E-state index in [0.717, 1.165) is 32.4 Å². The van der Waals surface area contributed by atoms with E-state index in [1.807, 2.05) is 17.5 Å². The molecule has 1 spiro atoms. The van der Waals surface area contributed by atoms with Crippen molar-refractivity contribution in [3.8, 4) is 0 Å². The zero-order valence-electron chi connectivity index (χ0n) is 14.4. The molecular formula is C17H28N2O2S. The van der Waals surface area contributed by atoms with E-state index in [4.69, 9.17) is 9.47 Å². The second-order valence-corrected chi connectivity index (χ2v) is 8.40. The van der Waals surface area contributed by atoms with Gasteiger partial charge >= 0.3 is 0 Å². The fourth-order valence-corrected chi connectivity index (χ4v) is 5.51. The van der Waals surface area contributed by atoms with Gasteiger partial charge < -0.3 is 9.47 Å². The van der Waals surface area contributed by atoms with E-state index >= 15 is 0 Å². The molecular weight excluding hydrogens is 296 g/mol. The quantitative estimate of drug-likeness (QED) is 0.752. The number of likely N-dealkylation sites (tertiary alicyclic amines) is 1. The Hall–Kier alpha value is -0.490. The van der Waals surface area contributed by atoms with Crippen molar-refractivity contribution in [2.45, 2.75) is 58.4 Å². The largest absolute Gasteiger partial charge is 0.353 e. The van der Waals surface area contributed by atoms with Crippen molar-refractivity contribution in [1.29, 1.82) is 0 Å². The predicted octanol–water partition coefficient (Wildman–Crippen LogP) is 3.32. The lowest BCUT2D eigenvalue weighted by Gasteiger charge is -2.68. The van der Waals surface area contributed by atoms with Crippen molar-refractivity contribution >= 4 is 11.3 Å². The summed E-state index contributed by atoms with van der Waals surface area (Å²) < 4.78 is 11.2. The summed E-state index contributed by atoms with van der Waals surface area (Å²) in [6.45, 7) is 8.98. The average molecular weight is 324 g/mol. The Morgan fingerprint density at radius 2 is 2.05 bits per heavy atom. The van der Waals surface area contributed by atoms with Crippen molar-refractivity contribution in [2.24, 2.45) is 11.3 Å². The van der Waals surface area contributed by atoms with E-state index < -0.39 is 0 Å². The molecule has 1 unspecified atom stereocenters. The highest BCUT2D eigenvalue weighted by molar-refractivity contribution is 7.11. The lowest BCUT2D eigenvalue weighted by molar-refractivity contribution is -0.339. The zero-order valence-corrected chi connectivity index (χ0v) is 15.2. The van der Waals surface area contributed by atoms with Crippen molar-refractivity contribution < 1.29 is 9.47 Å². The summed E-state index contributed by atoms with van der Waals surface area (Å²) in [6.07, 6.45) is 5.15. The Bertz CT molecular complexity index is 516. The maximum absolute atomic E-state index is 5.60. The summed E-state index contributed by atoms with van der Waals surface area (Å²) >= 11 is 1.86. The van der Waals surface area contributed by atoms with Gasteiger partial charge in [0.05, 0.1) is 6.54 Å². The standard InChI is InChI=1S/C17H28N2O2S/c1-6-13-7-18-14(22-13)8-19-11-16(15(19)12(2)3)9-17(10-16,20-4)21-5/h7,12,15H,6,8-11H2,1-5H3. The molecule has 1 saturated heterocycles. The number of methoxy groups -OCH3 is 2. The molecule has 3 rings (SSSR count). The third-order valence-electron chi connectivity index (χ3n) is 5.45. The second-order valence-electron chi connectivity index (χ2n) is 7.20. The first-order valence-electron chi connectivity index (χ1n) is 8.25. The van der Waals surface area contributed by atoms with Crippen LogP contribution in [0.15, 0.2) is 6.20 Å². The highest BCUT2D eigenvalue weighted by atomic mass is 32.1. The van der Waals surface area contributed by atoms with Gasteiger partial charge in [0.25, 0.3) is 0 Å². The van der Waals surface area contributed by atoms with E-state index in [2.05, 4.69) is 30.7 Å². The molecule has 0 bridgehead atoms. The molecule has 5 heteroatoms. The van der Waals surface area contributed by atoms with Crippen LogP contribution in [0.1, 0.15) is 43.5 Å². The third-order valence-corrected chi connectivity index (χ3v) is 6.57. The van der Waals surface area contributed by atoms with Crippen LogP contribution in [0, 0.1) is 11.3 Å². The van der Waals surface area contributed by atoms with Gasteiger partial charge in [-0.25, -0.2) is 4.98 Å². The molecule has 0 radical (unpaired) electrons. The van der Waals surface area contributed by atoms with Gasteiger partial charge in [0.2, 0.25) is 0 Å². The van der Waals surface area contributed by atoms with E-state index in [0.29, 0.717) is 17.4 Å². The molecule has 0 aromatic carbocycles. The molecule has 1 atom stereocenters. The van der Waals surface area contributed by atoms with Crippen molar-refractivity contribution in [3.63, 3.8) is 0 Å². The minimum Gasteiger partial charge on any atom is -0.353 e. The van der Waals surface area contributed by atoms with Crippen molar-refractivity contribution in [2.75, 3.05) is 20.8 Å². The van der Waals surface area contributed by atoms with Gasteiger partial charge in [0.1, 0.15) is 5.01 Å². The summed E-state index contributed by atoms with van der Waals surface area (Å²) in [5.41, 5.74) is 0.380. The van der Waals surface area contributed by atoms with Crippen LogP contribution in [-0.2, 0) is 22.4 Å². The van der Waals surface area contributed by atoms with E-state index in [9.17, 15) is 0 Å². The number of aryl methyl sites for hydroxylation is 1. The average Bonchev–Trinajstić information content (AvgIpc) is 2.88. The first-order valence-corrected chi connectivity index (χ1v) is 9.07. The molecule has 22 heavy (non-hydrogen) atoms. The zero-order chi connectivity index (χ0) is 16.0. The Morgan fingerprint density at radius 1 is 1.36 bits per heavy atom. The highest BCUT2D eigenvalue weighted by Crippen LogP contribution is 2.61. The summed E-state index contributed by atoms with van der Waals surface area (Å²) in [5.74, 6) is 0.307. The number of thiazole rings is 1. The molecule has 1 aromatic rings. The second kappa shape index (κ2) is 5.86. The van der Waals surface area contributed by atoms with Crippen LogP contribution in [0.4, 0.5) is 0 Å². The monoisotopic (exact) mass is 324 g/mol. The van der Waals surface area contributed by atoms with Gasteiger partial charge in [-0.1, -0.05) is 20.8 Å². The molecule has 2 aliphatic rings. The fraction of sp³-hybridized carbons (Fsp3) is 0.824. The summed E-state index contributed by atoms with van der Waals surface area (Å²) in [6, 6.07) is 0.611. The number of nitrogens with zero attached hydrogens (tertiary/aromatic N) is 2. The first kappa shape index (κ1) is 16.4. The number of hydrogen-bond donors (Lipinski definition) is 0. The van der Waals surface area contributed by atoms with Crippen LogP contribution in [0.25, 0.3) is 0 Å². The normalized spacial score (nSPS) is 26.2. The molecule has 1 aliphatic heterocycles. The molecule has 1 aliphatic carbocycles. The van der Waals surface area contributed by atoms with Crippen LogP contribution < -0.4 is 0 Å². The summed E-state index contributed by atoms with van der Waals surface area (Å²) in [5, 5.41) is 1.25. The van der Waals surface area contributed by atoms with Crippen LogP contribution in [0.3, 0.4) is 0 Å². The van der Waals surface area contributed by atoms with Gasteiger partial charge in [-0.15, -0.1) is 11.3 Å². The van der Waals surface area contributed by atoms with Gasteiger partial charge in [0.15, 0.2) is 5.79 Å². The van der Waals surface area contributed by atoms with Crippen molar-refractivity contribution in [3.05, 3.63) is 16.1 Å². The molecule has 0 N–H and O–H groups in total. The molecule has 0 amide bonds. The lowest BCUT2D eigenvalue weighted by atomic mass is 9.52. The fourth-order valence-electron chi connectivity index (χ4n) is 4.63. The van der Waals surface area contributed by atoms with E-state index in [1.54, 1.807) is 14.2 Å². The van der Waals surface area contributed by atoms with Gasteiger partial charge in [-0.05, 0) is 12.3 Å². The SMILES string of the molecule is CCc1cnc(CN2CC3(CC(OC)(OC)C3)C2C(C)C)s1. The molecule has 1 aromatic heterocycles. The van der Waals surface area contributed by atoms with E-state index in [1.165, 1.54) is 9.88 Å². The van der Waals surface area contributed by atoms with Crippen LogP contribution in [0.2, 0.25) is 0 Å². The topological polar surface area (TPSA) is 34.6 Å². The number of hydrogen-bond acceptors (Lipinski definition) is 5. The summed E-state index contributed by atoms with van der Waals surface area (Å²) in [7, 11) is 3.53. The lowest BCUT2D eigenvalue weighted by Crippen LogP contribution is -2.75. The van der Waals surface area contributed by atoms with Crippen LogP contribution in [-0.4, -0.2) is 42.5 Å². The van der Waals surface area contributed by atoms with Gasteiger partial charge in [0, 0.05) is 56.1 Å². The van der Waals surface area contributed by atoms with Gasteiger partial charge in [-0.3, -0.25) is 4.90 Å². The van der Waals surface area contributed by atoms with Crippen LogP contribution in [0.5, 0.6) is 0 Å². The third kappa shape index (κ3) is 2.52. The van der Waals surface area contributed by atoms with Gasteiger partial charge in [-0.2, -0.15) is 0 Å². The Labute approximate surface area is 137 Å². The Kier molecular flexibility index (Phi) is 4.36. The van der Waals surface area contributed by atoms with Crippen LogP contribution >= 0.6 is 11.3 Å². The number of aromatic nitrogens is 1. The van der Waals surface area contributed by atoms with Crippen molar-refractivity contribution in [1.82, 2.24) is 9.88 Å². The molecule has 2 fully saturated rings. The summed E-state index contributed by atoms with van der Waals surface area (Å²) in [4.78, 5) is 8.56. The molecule has 2 heterocycles. The molecule has 1 saturated carbocycles. The maximum Gasteiger partial charge on any atom is 0.168 e. The minimum atomic E-state index is -0.338. The minimum absolute atomic E-state index is 0.338. The number of ether oxygens (including phenoxy) is 2. The Balaban J connectivity index is 1.66. The Morgan fingerprint density at radius 3 is 2.55 bits per heavy atom. The van der Waals surface area contributed by atoms with E-state index in [-0.39, 0.29) is 5.79 Å².